The molecule has 0 radical (unpaired) electrons. The van der Waals surface area contributed by atoms with Gasteiger partial charge in [0, 0.05) is 12.3 Å². The second-order valence-electron chi connectivity index (χ2n) is 11.8. The number of ether oxygens (including phenoxy) is 2. The summed E-state index contributed by atoms with van der Waals surface area (Å²) in [7, 11) is -1.01. The second-order valence-corrected chi connectivity index (χ2v) is 14.0. The van der Waals surface area contributed by atoms with Crippen molar-refractivity contribution >= 4 is 41.6 Å². The number of Topliss-reactive ketones (excluding diaryl/α,β-unsaturated/α-hetero) is 1. The van der Waals surface area contributed by atoms with Crippen molar-refractivity contribution in [2.75, 3.05) is 6.61 Å². The van der Waals surface area contributed by atoms with Gasteiger partial charge in [0.25, 0.3) is 0 Å². The molecule has 41 heavy (non-hydrogen) atoms. The summed E-state index contributed by atoms with van der Waals surface area (Å²) in [5.41, 5.74) is -0.0876. The van der Waals surface area contributed by atoms with Crippen LogP contribution in [0.25, 0.3) is 0 Å². The van der Waals surface area contributed by atoms with Crippen molar-refractivity contribution in [2.45, 2.75) is 66.9 Å². The monoisotopic (exact) mass is 574 g/mol. The average molecular weight is 575 g/mol. The Hall–Kier alpha value is -3.30. The van der Waals surface area contributed by atoms with Gasteiger partial charge >= 0.3 is 11.9 Å². The zero-order chi connectivity index (χ0) is 30.0. The summed E-state index contributed by atoms with van der Waals surface area (Å²) in [6.45, 7) is 11.2. The molecule has 0 unspecified atom stereocenters. The summed E-state index contributed by atoms with van der Waals surface area (Å²) in [5.74, 6) is -0.798. The predicted molar refractivity (Wildman–Crippen MR) is 168 cm³/mol. The number of carbonyl (C=O) groups excluding carboxylic acids is 3. The molecule has 218 valence electrons. The van der Waals surface area contributed by atoms with Crippen LogP contribution in [0.15, 0.2) is 84.9 Å². The fourth-order valence-corrected chi connectivity index (χ4v) is 7.20. The highest BCUT2D eigenvalue weighted by atomic mass is 31.1. The first-order valence-corrected chi connectivity index (χ1v) is 15.7. The lowest BCUT2D eigenvalue weighted by atomic mass is 9.89. The van der Waals surface area contributed by atoms with Crippen LogP contribution in [0.5, 0.6) is 0 Å². The molecular formula is C35H43O5P. The smallest absolute Gasteiger partial charge is 0.339 e. The van der Waals surface area contributed by atoms with Gasteiger partial charge in [0.15, 0.2) is 0 Å². The Morgan fingerprint density at radius 1 is 0.780 bits per heavy atom. The molecule has 3 rings (SSSR count). The molecule has 3 atom stereocenters. The summed E-state index contributed by atoms with van der Waals surface area (Å²) in [6, 6.07) is 28.2. The molecule has 0 amide bonds. The zero-order valence-corrected chi connectivity index (χ0v) is 26.0. The summed E-state index contributed by atoms with van der Waals surface area (Å²) in [5, 5.41) is 3.22. The molecule has 0 fully saturated rings. The predicted octanol–water partition coefficient (Wildman–Crippen LogP) is 6.59. The van der Waals surface area contributed by atoms with Crippen molar-refractivity contribution in [1.82, 2.24) is 0 Å². The lowest BCUT2D eigenvalue weighted by Gasteiger charge is -2.31. The quantitative estimate of drug-likeness (QED) is 0.170. The molecule has 0 aliphatic carbocycles. The Morgan fingerprint density at radius 3 is 1.85 bits per heavy atom. The molecule has 0 aromatic heterocycles. The van der Waals surface area contributed by atoms with Crippen LogP contribution >= 0.6 is 7.92 Å². The molecule has 6 heteroatoms. The molecule has 0 N–H and O–H groups in total. The first kappa shape index (κ1) is 32.2. The minimum atomic E-state index is -1.01. The summed E-state index contributed by atoms with van der Waals surface area (Å²) in [6.07, 6.45) is 1.43. The van der Waals surface area contributed by atoms with Gasteiger partial charge < -0.3 is 14.3 Å². The molecule has 0 spiro atoms. The highest BCUT2D eigenvalue weighted by Crippen LogP contribution is 2.35. The Morgan fingerprint density at radius 2 is 1.32 bits per heavy atom. The normalized spacial score (nSPS) is 13.7. The van der Waals surface area contributed by atoms with E-state index >= 15 is 0 Å². The van der Waals surface area contributed by atoms with Crippen molar-refractivity contribution in [3.8, 4) is 0 Å². The van der Waals surface area contributed by atoms with Gasteiger partial charge in [0.2, 0.25) is 0 Å². The van der Waals surface area contributed by atoms with Crippen LogP contribution in [0.3, 0.4) is 0 Å². The third kappa shape index (κ3) is 9.36. The lowest BCUT2D eigenvalue weighted by Crippen LogP contribution is -2.37. The number of carbonyl (C=O) groups is 3. The first-order chi connectivity index (χ1) is 19.5. The molecule has 0 bridgehead atoms. The van der Waals surface area contributed by atoms with Gasteiger partial charge in [-0.3, -0.25) is 4.79 Å². The highest BCUT2D eigenvalue weighted by molar-refractivity contribution is 7.80. The van der Waals surface area contributed by atoms with Gasteiger partial charge in [-0.25, -0.2) is 4.79 Å². The van der Waals surface area contributed by atoms with Gasteiger partial charge in [-0.1, -0.05) is 92.7 Å². The number of hydrogen-bond donors (Lipinski definition) is 0. The van der Waals surface area contributed by atoms with E-state index in [0.29, 0.717) is 18.4 Å². The van der Waals surface area contributed by atoms with Gasteiger partial charge in [-0.2, -0.15) is 0 Å². The Labute approximate surface area is 246 Å². The molecular weight excluding hydrogens is 531 g/mol. The van der Waals surface area contributed by atoms with Crippen LogP contribution in [0.4, 0.5) is 0 Å². The summed E-state index contributed by atoms with van der Waals surface area (Å²) >= 11 is 0. The van der Waals surface area contributed by atoms with Crippen LogP contribution in [0, 0.1) is 17.3 Å². The van der Waals surface area contributed by atoms with E-state index in [1.54, 1.807) is 6.92 Å². The van der Waals surface area contributed by atoms with Crippen molar-refractivity contribution in [3.05, 3.63) is 90.5 Å². The van der Waals surface area contributed by atoms with Crippen molar-refractivity contribution in [3.63, 3.8) is 0 Å². The molecule has 5 nitrogen and oxygen atoms in total. The number of esters is 2. The van der Waals surface area contributed by atoms with Crippen LogP contribution in [0.1, 0.15) is 71.2 Å². The third-order valence-electron chi connectivity index (χ3n) is 7.04. The van der Waals surface area contributed by atoms with Crippen molar-refractivity contribution < 1.29 is 23.9 Å². The van der Waals surface area contributed by atoms with Gasteiger partial charge in [0.05, 0.1) is 17.6 Å². The topological polar surface area (TPSA) is 69.7 Å². The highest BCUT2D eigenvalue weighted by Gasteiger charge is 2.32. The van der Waals surface area contributed by atoms with Crippen LogP contribution < -0.4 is 15.9 Å². The average Bonchev–Trinajstić information content (AvgIpc) is 2.95. The van der Waals surface area contributed by atoms with E-state index in [1.165, 1.54) is 0 Å². The largest absolute Gasteiger partial charge is 0.465 e. The molecule has 0 saturated heterocycles. The lowest BCUT2D eigenvalue weighted by molar-refractivity contribution is -0.155. The maximum Gasteiger partial charge on any atom is 0.339 e. The molecule has 3 aromatic carbocycles. The number of ketones is 1. The van der Waals surface area contributed by atoms with E-state index in [0.717, 1.165) is 22.3 Å². The minimum absolute atomic E-state index is 0.0291. The van der Waals surface area contributed by atoms with E-state index in [4.69, 9.17) is 9.47 Å². The minimum Gasteiger partial charge on any atom is -0.465 e. The second kappa shape index (κ2) is 15.1. The van der Waals surface area contributed by atoms with E-state index in [1.807, 2.05) is 95.3 Å². The van der Waals surface area contributed by atoms with Crippen LogP contribution in [0.2, 0.25) is 0 Å². The Bertz CT molecular complexity index is 1240. The Kier molecular flexibility index (Phi) is 11.8. The fourth-order valence-electron chi connectivity index (χ4n) is 4.76. The van der Waals surface area contributed by atoms with Crippen molar-refractivity contribution in [1.29, 1.82) is 0 Å². The zero-order valence-electron chi connectivity index (χ0n) is 25.1. The van der Waals surface area contributed by atoms with E-state index in [2.05, 4.69) is 24.3 Å². The maximum absolute atomic E-state index is 14.0. The summed E-state index contributed by atoms with van der Waals surface area (Å²) < 4.78 is 11.9. The molecule has 3 aromatic rings. The molecule has 0 saturated carbocycles. The maximum atomic E-state index is 14.0. The molecule has 0 aliphatic heterocycles. The van der Waals surface area contributed by atoms with Gasteiger partial charge in [0.1, 0.15) is 11.9 Å². The first-order valence-electron chi connectivity index (χ1n) is 14.4. The van der Waals surface area contributed by atoms with Crippen LogP contribution in [-0.2, 0) is 19.1 Å². The standard InChI is InChI=1S/C35H43O5P/c1-25(16-15-17-27(3)36)32(26(2)24-39-34(38)35(4,5)6)40-33(37)30-22-13-14-23-31(30)41(28-18-9-7-10-19-28)29-20-11-8-12-21-29/h7-14,18-23,25-26,32H,15-17,24H2,1-6H3/t25-,26+,32+/m1/s1. The van der Waals surface area contributed by atoms with E-state index in [9.17, 15) is 14.4 Å². The van der Waals surface area contributed by atoms with Crippen LogP contribution in [-0.4, -0.2) is 30.4 Å². The van der Waals surface area contributed by atoms with Crippen molar-refractivity contribution in [2.24, 2.45) is 17.3 Å². The Balaban J connectivity index is 1.93. The summed E-state index contributed by atoms with van der Waals surface area (Å²) in [4.78, 5) is 38.0. The number of rotatable bonds is 13. The van der Waals surface area contributed by atoms with Gasteiger partial charge in [-0.05, 0) is 76.4 Å². The van der Waals surface area contributed by atoms with E-state index in [-0.39, 0.29) is 30.2 Å². The molecule has 0 aliphatic rings. The number of benzene rings is 3. The van der Waals surface area contributed by atoms with E-state index < -0.39 is 25.4 Å². The number of hydrogen-bond acceptors (Lipinski definition) is 5. The van der Waals surface area contributed by atoms with Gasteiger partial charge in [-0.15, -0.1) is 0 Å². The SMILES string of the molecule is CC(=O)CCC[C@@H](C)[C@H](OC(=O)c1ccccc1P(c1ccccc1)c1ccccc1)[C@@H](C)COC(=O)C(C)(C)C. The fraction of sp³-hybridized carbons (Fsp3) is 0.400. The molecule has 0 heterocycles. The third-order valence-corrected chi connectivity index (χ3v) is 9.54.